The van der Waals surface area contributed by atoms with E-state index in [1.54, 1.807) is 0 Å². The topological polar surface area (TPSA) is 60.2 Å². The van der Waals surface area contributed by atoms with Crippen molar-refractivity contribution in [2.75, 3.05) is 12.4 Å². The van der Waals surface area contributed by atoms with Crippen LogP contribution in [0.2, 0.25) is 0 Å². The Morgan fingerprint density at radius 1 is 0.857 bits per heavy atom. The minimum absolute atomic E-state index is 0.569. The fourth-order valence-electron chi connectivity index (χ4n) is 0. The molecule has 0 bridgehead atoms. The van der Waals surface area contributed by atoms with E-state index < -0.39 is 10.4 Å². The van der Waals surface area contributed by atoms with E-state index in [2.05, 4.69) is 67.4 Å². The zero-order valence-corrected chi connectivity index (χ0v) is 13.4. The molecule has 0 aliphatic rings. The van der Waals surface area contributed by atoms with Crippen LogP contribution < -0.4 is 5.73 Å². The second-order valence-electron chi connectivity index (χ2n) is 1.28. The molecule has 0 unspecified atom stereocenters. The molecule has 0 aliphatic carbocycles. The molecule has 0 aromatic carbocycles. The quantitative estimate of drug-likeness (QED) is 0.457. The molecule has 0 aliphatic heterocycles. The van der Waals surface area contributed by atoms with Crippen LogP contribution in [-0.4, -0.2) is 12.4 Å². The van der Waals surface area contributed by atoms with Gasteiger partial charge in [0.1, 0.15) is 0 Å². The first-order valence-electron chi connectivity index (χ1n) is 2.55. The van der Waals surface area contributed by atoms with E-state index in [1.807, 2.05) is 0 Å². The molecular formula is C2H6Cl7NO2P2. The molecule has 3 nitrogen and oxygen atoms in total. The van der Waals surface area contributed by atoms with Crippen molar-refractivity contribution in [2.45, 2.75) is 0 Å². The molecule has 0 aromatic rings. The summed E-state index contributed by atoms with van der Waals surface area (Å²) in [5.74, 6) is 0.569. The van der Waals surface area contributed by atoms with Crippen LogP contribution in [0.4, 0.5) is 0 Å². The van der Waals surface area contributed by atoms with Gasteiger partial charge in [0.15, 0.2) is 0 Å². The summed E-state index contributed by atoms with van der Waals surface area (Å²) in [4.78, 5) is 0. The Hall–Kier alpha value is 2.45. The molecule has 0 heterocycles. The van der Waals surface area contributed by atoms with Crippen molar-refractivity contribution in [3.05, 3.63) is 0 Å². The Morgan fingerprint density at radius 2 is 0.929 bits per heavy atom. The van der Waals surface area contributed by atoms with E-state index in [4.69, 9.17) is 17.3 Å². The molecule has 90 valence electrons. The van der Waals surface area contributed by atoms with Gasteiger partial charge in [-0.15, -0.1) is 11.6 Å². The molecule has 0 aromatic heterocycles. The van der Waals surface area contributed by atoms with E-state index in [1.165, 1.54) is 0 Å². The molecule has 0 fully saturated rings. The lowest BCUT2D eigenvalue weighted by atomic mass is 10.8. The molecule has 14 heavy (non-hydrogen) atoms. The van der Waals surface area contributed by atoms with Crippen LogP contribution in [0.25, 0.3) is 0 Å². The number of hydrogen-bond acceptors (Lipinski definition) is 3. The third-order valence-corrected chi connectivity index (χ3v) is 0.327. The summed E-state index contributed by atoms with van der Waals surface area (Å²) < 4.78 is 19.0. The van der Waals surface area contributed by atoms with Crippen LogP contribution in [0.1, 0.15) is 0 Å². The number of alkyl halides is 1. The van der Waals surface area contributed by atoms with Gasteiger partial charge in [-0.3, -0.25) is 9.13 Å². The average Bonchev–Trinajstić information content (AvgIpc) is 1.79. The van der Waals surface area contributed by atoms with Gasteiger partial charge in [0.2, 0.25) is 0 Å². The maximum atomic E-state index is 9.51. The van der Waals surface area contributed by atoms with Gasteiger partial charge < -0.3 is 5.73 Å². The molecule has 12 heteroatoms. The van der Waals surface area contributed by atoms with E-state index >= 15 is 0 Å². The van der Waals surface area contributed by atoms with Crippen LogP contribution in [-0.2, 0) is 9.13 Å². The standard InChI is InChI=1S/C2H6ClN.2Cl3OP/c3-1-2-4;2*1-5(2,3)4/h1-2,4H2;;. The fourth-order valence-corrected chi connectivity index (χ4v) is 0. The molecule has 0 saturated carbocycles. The van der Waals surface area contributed by atoms with Gasteiger partial charge in [-0.05, 0) is 67.4 Å². The Kier molecular flexibility index (Phi) is 18.5. The van der Waals surface area contributed by atoms with Gasteiger partial charge in [0.05, 0.1) is 0 Å². The van der Waals surface area contributed by atoms with Crippen molar-refractivity contribution in [1.82, 2.24) is 0 Å². The summed E-state index contributed by atoms with van der Waals surface area (Å²) in [6.45, 7) is 0.585. The van der Waals surface area contributed by atoms with Crippen LogP contribution in [0, 0.1) is 0 Å². The Morgan fingerprint density at radius 3 is 0.929 bits per heavy atom. The summed E-state index contributed by atoms with van der Waals surface area (Å²) in [6.07, 6.45) is 0. The first-order valence-corrected chi connectivity index (χ1v) is 11.9. The molecule has 0 rings (SSSR count). The first-order chi connectivity index (χ1) is 5.91. The minimum Gasteiger partial charge on any atom is -0.329 e. The van der Waals surface area contributed by atoms with Crippen molar-refractivity contribution >= 4 is 89.4 Å². The van der Waals surface area contributed by atoms with Gasteiger partial charge in [-0.1, -0.05) is 0 Å². The monoisotopic (exact) mass is 383 g/mol. The van der Waals surface area contributed by atoms with Crippen molar-refractivity contribution in [2.24, 2.45) is 5.73 Å². The number of nitrogens with two attached hydrogens (primary N) is 1. The van der Waals surface area contributed by atoms with Crippen molar-refractivity contribution in [1.29, 1.82) is 0 Å². The highest BCUT2D eigenvalue weighted by atomic mass is 36.1. The molecule has 0 amide bonds. The molecule has 2 N–H and O–H groups in total. The van der Waals surface area contributed by atoms with E-state index in [0.29, 0.717) is 12.4 Å². The second-order valence-corrected chi connectivity index (χ2v) is 14.9. The van der Waals surface area contributed by atoms with Gasteiger partial charge >= 0.3 is 10.4 Å². The lowest BCUT2D eigenvalue weighted by Crippen LogP contribution is -1.97. The average molecular weight is 386 g/mol. The number of rotatable bonds is 1. The zero-order chi connectivity index (χ0) is 12.4. The highest BCUT2D eigenvalue weighted by Gasteiger charge is 2.03. The molecule has 0 spiro atoms. The summed E-state index contributed by atoms with van der Waals surface area (Å²) >= 11 is 32.8. The minimum atomic E-state index is -3.22. The third kappa shape index (κ3) is 220. The van der Waals surface area contributed by atoms with Crippen molar-refractivity contribution < 1.29 is 9.13 Å². The molecule has 0 radical (unpaired) electrons. The first kappa shape index (κ1) is 21.7. The predicted molar refractivity (Wildman–Crippen MR) is 70.1 cm³/mol. The normalized spacial score (nSPS) is 10.6. The summed E-state index contributed by atoms with van der Waals surface area (Å²) in [5, 5.41) is -6.44. The van der Waals surface area contributed by atoms with Crippen molar-refractivity contribution in [3.63, 3.8) is 0 Å². The van der Waals surface area contributed by atoms with Crippen molar-refractivity contribution in [3.8, 4) is 0 Å². The van der Waals surface area contributed by atoms with Gasteiger partial charge in [-0.2, -0.15) is 0 Å². The van der Waals surface area contributed by atoms with Crippen LogP contribution in [0.15, 0.2) is 0 Å². The van der Waals surface area contributed by atoms with Crippen LogP contribution >= 0.6 is 89.4 Å². The summed E-state index contributed by atoms with van der Waals surface area (Å²) in [5.41, 5.74) is 4.90. The molecule has 0 atom stereocenters. The van der Waals surface area contributed by atoms with Gasteiger partial charge in [-0.25, -0.2) is 0 Å². The van der Waals surface area contributed by atoms with Crippen LogP contribution in [0.5, 0.6) is 0 Å². The lowest BCUT2D eigenvalue weighted by Gasteiger charge is -1.74. The highest BCUT2D eigenvalue weighted by molar-refractivity contribution is 8.25. The van der Waals surface area contributed by atoms with Crippen LogP contribution in [0.3, 0.4) is 0 Å². The van der Waals surface area contributed by atoms with E-state index in [9.17, 15) is 9.13 Å². The third-order valence-electron chi connectivity index (χ3n) is 0.109. The van der Waals surface area contributed by atoms with Gasteiger partial charge in [0.25, 0.3) is 0 Å². The number of halogens is 7. The fraction of sp³-hybridized carbons (Fsp3) is 1.00. The van der Waals surface area contributed by atoms with E-state index in [-0.39, 0.29) is 0 Å². The molecular weight excluding hydrogens is 380 g/mol. The second kappa shape index (κ2) is 11.9. The Bertz CT molecular complexity index is 161. The largest absolute Gasteiger partial charge is 0.339 e. The SMILES string of the molecule is NCCCl.O=P(Cl)(Cl)Cl.O=P(Cl)(Cl)Cl. The highest BCUT2D eigenvalue weighted by Crippen LogP contribution is 2.61. The maximum absolute atomic E-state index is 9.51. The zero-order valence-electron chi connectivity index (χ0n) is 6.35. The lowest BCUT2D eigenvalue weighted by molar-refractivity contribution is 0.599. The summed E-state index contributed by atoms with van der Waals surface area (Å²) in [7, 11) is 0. The molecule has 0 saturated heterocycles. The maximum Gasteiger partial charge on any atom is 0.339 e. The predicted octanol–water partition coefficient (Wildman–Crippen LogP) is 5.81. The Balaban J connectivity index is -0.000000131. The van der Waals surface area contributed by atoms with Gasteiger partial charge in [0, 0.05) is 12.4 Å². The Labute approximate surface area is 116 Å². The smallest absolute Gasteiger partial charge is 0.329 e. The summed E-state index contributed by atoms with van der Waals surface area (Å²) in [6, 6.07) is 0. The van der Waals surface area contributed by atoms with E-state index in [0.717, 1.165) is 0 Å². The number of hydrogen-bond donors (Lipinski definition) is 1.